The number of imide groups is 1. The number of piperidine rings is 2. The van der Waals surface area contributed by atoms with Crippen molar-refractivity contribution in [2.24, 2.45) is 11.3 Å². The molecule has 4 aliphatic heterocycles. The SMILES string of the molecule is Cc1cccc(C(=O)Nc2cc3cn(C4CCN(CC5CCC6(CC5)CCN(C(=O)c5ccc(Cl)c(N7CCC(=O)NC7=O)c5)CC6)CC4)nc3cc2OC2COC2)n1. The molecule has 9 rings (SSSR count). The second kappa shape index (κ2) is 16.5. The molecule has 1 spiro atoms. The second-order valence-electron chi connectivity index (χ2n) is 17.1. The third-order valence-corrected chi connectivity index (χ3v) is 13.5. The highest BCUT2D eigenvalue weighted by molar-refractivity contribution is 6.34. The molecule has 5 fully saturated rings. The van der Waals surface area contributed by atoms with Gasteiger partial charge < -0.3 is 24.6 Å². The number of nitrogens with zero attached hydrogens (tertiary/aromatic N) is 6. The first kappa shape index (κ1) is 39.4. The van der Waals surface area contributed by atoms with E-state index in [4.69, 9.17) is 26.2 Å². The van der Waals surface area contributed by atoms with E-state index in [0.717, 1.165) is 75.0 Å². The van der Waals surface area contributed by atoms with Crippen molar-refractivity contribution in [3.8, 4) is 5.75 Å². The molecular formula is C44H51ClN8O6. The zero-order valence-electron chi connectivity index (χ0n) is 33.5. The van der Waals surface area contributed by atoms with Gasteiger partial charge in [-0.3, -0.25) is 29.3 Å². The normalized spacial score (nSPS) is 20.8. The molecule has 0 atom stereocenters. The van der Waals surface area contributed by atoms with Crippen molar-refractivity contribution in [1.82, 2.24) is 29.9 Å². The largest absolute Gasteiger partial charge is 0.483 e. The number of pyridine rings is 1. The van der Waals surface area contributed by atoms with Gasteiger partial charge in [-0.1, -0.05) is 17.7 Å². The standard InChI is InChI=1S/C44H51ClN8O6/c1-28-3-2-4-35(46-28)41(55)47-37-21-31-25-53(49-36(31)23-39(37)59-33-26-58-27-33)32-9-16-50(17-10-32)24-29-7-12-44(13-8-29)14-19-51(20-15-44)42(56)30-5-6-34(45)38(22-30)52-18-11-40(54)48-43(52)57/h2-6,21-23,25,29,32-33H,7-20,24,26-27H2,1H3,(H,47,55)(H,48,54,57). The minimum Gasteiger partial charge on any atom is -0.483 e. The van der Waals surface area contributed by atoms with Crippen LogP contribution < -0.4 is 20.3 Å². The number of anilines is 2. The number of carbonyl (C=O) groups excluding carboxylic acids is 4. The smallest absolute Gasteiger partial charge is 0.328 e. The maximum absolute atomic E-state index is 13.6. The Hall–Kier alpha value is -5.05. The predicted molar refractivity (Wildman–Crippen MR) is 223 cm³/mol. The van der Waals surface area contributed by atoms with Crippen molar-refractivity contribution in [2.45, 2.75) is 76.9 Å². The topological polar surface area (TPSA) is 151 Å². The predicted octanol–water partition coefficient (Wildman–Crippen LogP) is 6.62. The summed E-state index contributed by atoms with van der Waals surface area (Å²) in [6, 6.07) is 14.1. The van der Waals surface area contributed by atoms with E-state index in [1.54, 1.807) is 24.3 Å². The highest BCUT2D eigenvalue weighted by Gasteiger charge is 2.40. The van der Waals surface area contributed by atoms with Crippen LogP contribution in [0, 0.1) is 18.3 Å². The Morgan fingerprint density at radius 1 is 0.966 bits per heavy atom. The molecule has 6 heterocycles. The Labute approximate surface area is 348 Å². The van der Waals surface area contributed by atoms with Crippen molar-refractivity contribution < 1.29 is 28.7 Å². The van der Waals surface area contributed by atoms with Crippen LogP contribution in [0.5, 0.6) is 5.75 Å². The summed E-state index contributed by atoms with van der Waals surface area (Å²) in [5, 5.41) is 11.7. The first-order chi connectivity index (χ1) is 28.6. The molecule has 0 radical (unpaired) electrons. The lowest BCUT2D eigenvalue weighted by atomic mass is 9.65. The van der Waals surface area contributed by atoms with Gasteiger partial charge in [-0.15, -0.1) is 0 Å². The van der Waals surface area contributed by atoms with Crippen LogP contribution in [-0.2, 0) is 9.53 Å². The first-order valence-corrected chi connectivity index (χ1v) is 21.4. The van der Waals surface area contributed by atoms with Gasteiger partial charge in [-0.05, 0) is 106 Å². The number of halogens is 1. The van der Waals surface area contributed by atoms with Crippen LogP contribution in [0.3, 0.4) is 0 Å². The number of ether oxygens (including phenoxy) is 2. The molecule has 0 unspecified atom stereocenters. The Morgan fingerprint density at radius 2 is 1.75 bits per heavy atom. The summed E-state index contributed by atoms with van der Waals surface area (Å²) in [5.41, 5.74) is 3.81. The van der Waals surface area contributed by atoms with E-state index in [2.05, 4.69) is 31.4 Å². The Morgan fingerprint density at radius 3 is 2.46 bits per heavy atom. The summed E-state index contributed by atoms with van der Waals surface area (Å²) >= 11 is 6.44. The lowest BCUT2D eigenvalue weighted by molar-refractivity contribution is -0.120. The molecule has 4 aromatic rings. The number of aromatic nitrogens is 3. The minimum absolute atomic E-state index is 0.0466. The van der Waals surface area contributed by atoms with E-state index in [0.29, 0.717) is 64.0 Å². The number of aryl methyl sites for hydroxylation is 1. The van der Waals surface area contributed by atoms with Crippen LogP contribution in [0.4, 0.5) is 16.2 Å². The molecule has 1 aliphatic carbocycles. The van der Waals surface area contributed by atoms with Crippen molar-refractivity contribution in [3.05, 3.63) is 76.7 Å². The lowest BCUT2D eigenvalue weighted by Gasteiger charge is -2.47. The van der Waals surface area contributed by atoms with Crippen LogP contribution in [0.2, 0.25) is 5.02 Å². The summed E-state index contributed by atoms with van der Waals surface area (Å²) in [6.07, 6.45) is 11.1. The maximum Gasteiger partial charge on any atom is 0.328 e. The average Bonchev–Trinajstić information content (AvgIpc) is 3.64. The van der Waals surface area contributed by atoms with Gasteiger partial charge in [0, 0.05) is 74.6 Å². The first-order valence-electron chi connectivity index (χ1n) is 21.0. The highest BCUT2D eigenvalue weighted by Crippen LogP contribution is 2.47. The van der Waals surface area contributed by atoms with E-state index in [9.17, 15) is 19.2 Å². The zero-order chi connectivity index (χ0) is 40.7. The van der Waals surface area contributed by atoms with Crippen LogP contribution in [0.25, 0.3) is 10.9 Å². The van der Waals surface area contributed by atoms with Gasteiger partial charge >= 0.3 is 6.03 Å². The minimum atomic E-state index is -0.520. The summed E-state index contributed by atoms with van der Waals surface area (Å²) in [7, 11) is 0. The molecular weight excluding hydrogens is 772 g/mol. The van der Waals surface area contributed by atoms with Gasteiger partial charge in [-0.2, -0.15) is 5.10 Å². The van der Waals surface area contributed by atoms with Crippen LogP contribution in [0.1, 0.15) is 90.4 Å². The molecule has 5 aliphatic rings. The Balaban J connectivity index is 0.759. The molecule has 2 N–H and O–H groups in total. The number of hydrogen-bond donors (Lipinski definition) is 2. The molecule has 0 bridgehead atoms. The summed E-state index contributed by atoms with van der Waals surface area (Å²) in [4.78, 5) is 61.3. The monoisotopic (exact) mass is 822 g/mol. The number of likely N-dealkylation sites (tertiary alicyclic amines) is 2. The van der Waals surface area contributed by atoms with E-state index >= 15 is 0 Å². The molecule has 310 valence electrons. The fraction of sp³-hybridized carbons (Fsp3) is 0.500. The van der Waals surface area contributed by atoms with Crippen molar-refractivity contribution >= 4 is 57.6 Å². The molecule has 5 amide bonds. The number of carbonyl (C=O) groups is 4. The van der Waals surface area contributed by atoms with Crippen molar-refractivity contribution in [3.63, 3.8) is 0 Å². The molecule has 1 saturated carbocycles. The van der Waals surface area contributed by atoms with Crippen molar-refractivity contribution in [1.29, 1.82) is 0 Å². The zero-order valence-corrected chi connectivity index (χ0v) is 34.2. The Bertz CT molecular complexity index is 2250. The van der Waals surface area contributed by atoms with Gasteiger partial charge in [0.1, 0.15) is 17.5 Å². The summed E-state index contributed by atoms with van der Waals surface area (Å²) < 4.78 is 13.7. The number of hydrogen-bond acceptors (Lipinski definition) is 9. The van der Waals surface area contributed by atoms with E-state index in [1.807, 2.05) is 36.1 Å². The van der Waals surface area contributed by atoms with Gasteiger partial charge in [-0.25, -0.2) is 9.78 Å². The second-order valence-corrected chi connectivity index (χ2v) is 17.5. The molecule has 2 aromatic carbocycles. The van der Waals surface area contributed by atoms with Crippen LogP contribution in [-0.4, -0.2) is 107 Å². The van der Waals surface area contributed by atoms with E-state index in [-0.39, 0.29) is 36.8 Å². The molecule has 59 heavy (non-hydrogen) atoms. The van der Waals surface area contributed by atoms with Gasteiger partial charge in [0.05, 0.1) is 41.2 Å². The number of fused-ring (bicyclic) bond motifs is 1. The Kier molecular flexibility index (Phi) is 11.0. The molecule has 14 nitrogen and oxygen atoms in total. The highest BCUT2D eigenvalue weighted by atomic mass is 35.5. The van der Waals surface area contributed by atoms with E-state index < -0.39 is 6.03 Å². The van der Waals surface area contributed by atoms with E-state index in [1.165, 1.54) is 30.6 Å². The van der Waals surface area contributed by atoms with Crippen LogP contribution >= 0.6 is 11.6 Å². The average molecular weight is 823 g/mol. The lowest BCUT2D eigenvalue weighted by Crippen LogP contribution is -2.49. The number of amides is 5. The summed E-state index contributed by atoms with van der Waals surface area (Å²) in [6.45, 7) is 7.77. The quantitative estimate of drug-likeness (QED) is 0.190. The fourth-order valence-corrected chi connectivity index (χ4v) is 9.71. The number of urea groups is 1. The van der Waals surface area contributed by atoms with Gasteiger partial charge in [0.2, 0.25) is 5.91 Å². The number of benzene rings is 2. The third kappa shape index (κ3) is 8.53. The van der Waals surface area contributed by atoms with Gasteiger partial charge in [0.25, 0.3) is 11.8 Å². The molecule has 4 saturated heterocycles. The third-order valence-electron chi connectivity index (χ3n) is 13.2. The van der Waals surface area contributed by atoms with Gasteiger partial charge in [0.15, 0.2) is 0 Å². The fourth-order valence-electron chi connectivity index (χ4n) is 9.49. The number of rotatable bonds is 9. The maximum atomic E-state index is 13.6. The number of nitrogens with one attached hydrogen (secondary N) is 2. The van der Waals surface area contributed by atoms with Crippen LogP contribution in [0.15, 0.2) is 54.7 Å². The van der Waals surface area contributed by atoms with Crippen molar-refractivity contribution in [2.75, 3.05) is 62.7 Å². The molecule has 15 heteroatoms. The molecule has 2 aromatic heterocycles. The summed E-state index contributed by atoms with van der Waals surface area (Å²) in [5.74, 6) is 0.618.